The minimum Gasteiger partial charge on any atom is -0.478 e. The van der Waals surface area contributed by atoms with E-state index in [-0.39, 0.29) is 11.6 Å². The van der Waals surface area contributed by atoms with Gasteiger partial charge in [-0.15, -0.1) is 5.10 Å². The van der Waals surface area contributed by atoms with E-state index >= 15 is 0 Å². The number of carboxylic acids is 1. The van der Waals surface area contributed by atoms with Crippen LogP contribution in [0.2, 0.25) is 0 Å². The van der Waals surface area contributed by atoms with Gasteiger partial charge in [-0.1, -0.05) is 13.8 Å². The molecule has 1 atom stereocenters. The molecular weight excluding hydrogens is 242 g/mol. The quantitative estimate of drug-likeness (QED) is 0.827. The van der Waals surface area contributed by atoms with Gasteiger partial charge in [0.1, 0.15) is 5.56 Å². The van der Waals surface area contributed by atoms with E-state index in [9.17, 15) is 9.90 Å². The molecule has 0 radical (unpaired) electrons. The zero-order chi connectivity index (χ0) is 14.6. The molecule has 0 fully saturated rings. The highest BCUT2D eigenvalue weighted by molar-refractivity contribution is 5.94. The van der Waals surface area contributed by atoms with Crippen LogP contribution in [0.5, 0.6) is 0 Å². The lowest BCUT2D eigenvalue weighted by molar-refractivity contribution is 0.0696. The van der Waals surface area contributed by atoms with E-state index < -0.39 is 5.97 Å². The van der Waals surface area contributed by atoms with Gasteiger partial charge in [0.2, 0.25) is 0 Å². The van der Waals surface area contributed by atoms with Crippen molar-refractivity contribution >= 4 is 11.8 Å². The van der Waals surface area contributed by atoms with Gasteiger partial charge in [-0.25, -0.2) is 4.79 Å². The highest BCUT2D eigenvalue weighted by Crippen LogP contribution is 2.20. The number of aromatic nitrogens is 2. The molecule has 0 bridgehead atoms. The van der Waals surface area contributed by atoms with E-state index in [4.69, 9.17) is 0 Å². The van der Waals surface area contributed by atoms with Gasteiger partial charge >= 0.3 is 5.97 Å². The highest BCUT2D eigenvalue weighted by Gasteiger charge is 2.18. The molecule has 0 aromatic carbocycles. The molecule has 1 aromatic heterocycles. The molecule has 0 aliphatic rings. The first-order chi connectivity index (χ1) is 8.82. The lowest BCUT2D eigenvalue weighted by Crippen LogP contribution is -2.20. The Hall–Kier alpha value is -1.65. The fourth-order valence-electron chi connectivity index (χ4n) is 1.86. The summed E-state index contributed by atoms with van der Waals surface area (Å²) in [5.41, 5.74) is 1.54. The Kier molecular flexibility index (Phi) is 5.27. The molecule has 0 saturated carbocycles. The average Bonchev–Trinajstić information content (AvgIpc) is 2.31. The number of hydrogen-bond acceptors (Lipinski definition) is 4. The zero-order valence-electron chi connectivity index (χ0n) is 12.3. The van der Waals surface area contributed by atoms with Gasteiger partial charge in [0.05, 0.1) is 5.69 Å². The number of aryl methyl sites for hydroxylation is 1. The lowest BCUT2D eigenvalue weighted by Gasteiger charge is -2.17. The molecule has 2 N–H and O–H groups in total. The smallest absolute Gasteiger partial charge is 0.339 e. The van der Waals surface area contributed by atoms with Crippen LogP contribution in [0.15, 0.2) is 0 Å². The monoisotopic (exact) mass is 265 g/mol. The number of hydrogen-bond donors (Lipinski definition) is 2. The van der Waals surface area contributed by atoms with Crippen LogP contribution in [0.4, 0.5) is 5.82 Å². The van der Waals surface area contributed by atoms with Crippen LogP contribution in [0.1, 0.15) is 55.2 Å². The minimum atomic E-state index is -0.964. The molecule has 1 rings (SSSR count). The van der Waals surface area contributed by atoms with Crippen molar-refractivity contribution in [3.05, 3.63) is 16.8 Å². The summed E-state index contributed by atoms with van der Waals surface area (Å²) in [6.45, 7) is 9.90. The van der Waals surface area contributed by atoms with Crippen LogP contribution < -0.4 is 5.32 Å². The average molecular weight is 265 g/mol. The lowest BCUT2D eigenvalue weighted by atomic mass is 10.0. The van der Waals surface area contributed by atoms with Crippen LogP contribution in [0.3, 0.4) is 0 Å². The summed E-state index contributed by atoms with van der Waals surface area (Å²) < 4.78 is 0. The maximum absolute atomic E-state index is 11.3. The molecule has 5 nitrogen and oxygen atoms in total. The van der Waals surface area contributed by atoms with E-state index in [1.807, 2.05) is 6.92 Å². The summed E-state index contributed by atoms with van der Waals surface area (Å²) in [7, 11) is 0. The Morgan fingerprint density at radius 1 is 1.21 bits per heavy atom. The summed E-state index contributed by atoms with van der Waals surface area (Å²) in [4.78, 5) is 11.3. The second kappa shape index (κ2) is 6.50. The third-order valence-electron chi connectivity index (χ3n) is 3.23. The number of aromatic carboxylic acids is 1. The number of carbonyl (C=O) groups is 1. The number of anilines is 1. The van der Waals surface area contributed by atoms with Gasteiger partial charge in [0, 0.05) is 6.04 Å². The Morgan fingerprint density at radius 3 is 2.37 bits per heavy atom. The maximum Gasteiger partial charge on any atom is 0.339 e. The van der Waals surface area contributed by atoms with E-state index in [1.165, 1.54) is 0 Å². The van der Waals surface area contributed by atoms with E-state index in [0.29, 0.717) is 23.0 Å². The highest BCUT2D eigenvalue weighted by atomic mass is 16.4. The molecule has 0 aliphatic carbocycles. The van der Waals surface area contributed by atoms with Crippen LogP contribution >= 0.6 is 0 Å². The number of nitrogens with zero attached hydrogens (tertiary/aromatic N) is 2. The maximum atomic E-state index is 11.3. The van der Waals surface area contributed by atoms with E-state index in [2.05, 4.69) is 29.4 Å². The summed E-state index contributed by atoms with van der Waals surface area (Å²) in [6, 6.07) is 0.178. The second-order valence-corrected chi connectivity index (χ2v) is 5.46. The van der Waals surface area contributed by atoms with Gasteiger partial charge in [-0.05, 0) is 45.1 Å². The van der Waals surface area contributed by atoms with Crippen molar-refractivity contribution in [2.24, 2.45) is 5.92 Å². The van der Waals surface area contributed by atoms with Crippen molar-refractivity contribution in [1.29, 1.82) is 0 Å². The van der Waals surface area contributed by atoms with Gasteiger partial charge in [-0.3, -0.25) is 0 Å². The number of nitrogens with one attached hydrogen (secondary N) is 1. The Bertz CT molecular complexity index is 458. The van der Waals surface area contributed by atoms with Gasteiger partial charge < -0.3 is 10.4 Å². The van der Waals surface area contributed by atoms with Crippen molar-refractivity contribution in [3.8, 4) is 0 Å². The largest absolute Gasteiger partial charge is 0.478 e. The summed E-state index contributed by atoms with van der Waals surface area (Å²) >= 11 is 0. The van der Waals surface area contributed by atoms with E-state index in [1.54, 1.807) is 13.8 Å². The first-order valence-electron chi connectivity index (χ1n) is 6.66. The SMILES string of the molecule is Cc1nnc(NC(C)CCC(C)C)c(C(=O)O)c1C. The first-order valence-corrected chi connectivity index (χ1v) is 6.66. The van der Waals surface area contributed by atoms with Gasteiger partial charge in [0.25, 0.3) is 0 Å². The molecule has 0 spiro atoms. The third-order valence-corrected chi connectivity index (χ3v) is 3.23. The summed E-state index contributed by atoms with van der Waals surface area (Å²) in [5.74, 6) is 0.0370. The Balaban J connectivity index is 2.89. The topological polar surface area (TPSA) is 75.1 Å². The molecule has 0 amide bonds. The molecule has 19 heavy (non-hydrogen) atoms. The van der Waals surface area contributed by atoms with Gasteiger partial charge in [-0.2, -0.15) is 5.10 Å². The normalized spacial score (nSPS) is 12.5. The summed E-state index contributed by atoms with van der Waals surface area (Å²) in [5, 5.41) is 20.4. The van der Waals surface area contributed by atoms with Gasteiger partial charge in [0.15, 0.2) is 5.82 Å². The zero-order valence-corrected chi connectivity index (χ0v) is 12.3. The molecule has 0 aliphatic heterocycles. The van der Waals surface area contributed by atoms with Crippen LogP contribution in [0.25, 0.3) is 0 Å². The fourth-order valence-corrected chi connectivity index (χ4v) is 1.86. The molecule has 1 unspecified atom stereocenters. The van der Waals surface area contributed by atoms with Crippen LogP contribution in [0, 0.1) is 19.8 Å². The minimum absolute atomic E-state index is 0.178. The van der Waals surface area contributed by atoms with Crippen molar-refractivity contribution in [1.82, 2.24) is 10.2 Å². The number of carboxylic acid groups (broad SMARTS) is 1. The standard InChI is InChI=1S/C14H23N3O2/c1-8(2)6-7-9(3)15-13-12(14(18)19)10(4)11(5)16-17-13/h8-9H,6-7H2,1-5H3,(H,15,17)(H,18,19). The van der Waals surface area contributed by atoms with Crippen molar-refractivity contribution in [2.75, 3.05) is 5.32 Å². The van der Waals surface area contributed by atoms with Crippen molar-refractivity contribution in [2.45, 2.75) is 53.5 Å². The number of rotatable bonds is 6. The predicted molar refractivity (Wildman–Crippen MR) is 75.6 cm³/mol. The van der Waals surface area contributed by atoms with Crippen molar-refractivity contribution in [3.63, 3.8) is 0 Å². The third kappa shape index (κ3) is 4.19. The van der Waals surface area contributed by atoms with Crippen LogP contribution in [-0.4, -0.2) is 27.3 Å². The predicted octanol–water partition coefficient (Wildman–Crippen LogP) is 3.03. The molecule has 0 saturated heterocycles. The van der Waals surface area contributed by atoms with Crippen molar-refractivity contribution < 1.29 is 9.90 Å². The fraction of sp³-hybridized carbons (Fsp3) is 0.643. The van der Waals surface area contributed by atoms with Crippen LogP contribution in [-0.2, 0) is 0 Å². The Labute approximate surface area is 114 Å². The molecule has 5 heteroatoms. The summed E-state index contributed by atoms with van der Waals surface area (Å²) in [6.07, 6.45) is 2.07. The molecule has 1 heterocycles. The van der Waals surface area contributed by atoms with E-state index in [0.717, 1.165) is 12.8 Å². The first kappa shape index (κ1) is 15.4. The molecule has 106 valence electrons. The Morgan fingerprint density at radius 2 is 1.84 bits per heavy atom. The molecule has 1 aromatic rings. The second-order valence-electron chi connectivity index (χ2n) is 5.46. The molecular formula is C14H23N3O2.